The highest BCUT2D eigenvalue weighted by Crippen LogP contribution is 2.38. The Labute approximate surface area is 171 Å². The second-order valence-electron chi connectivity index (χ2n) is 8.03. The fourth-order valence-electron chi connectivity index (χ4n) is 4.76. The summed E-state index contributed by atoms with van der Waals surface area (Å²) in [5.41, 5.74) is 2.17. The molecule has 2 aromatic rings. The summed E-state index contributed by atoms with van der Waals surface area (Å²) in [5, 5.41) is 3.24. The van der Waals surface area contributed by atoms with Crippen LogP contribution in [0.5, 0.6) is 5.75 Å². The summed E-state index contributed by atoms with van der Waals surface area (Å²) >= 11 is 0. The van der Waals surface area contributed by atoms with E-state index in [1.807, 2.05) is 37.3 Å². The van der Waals surface area contributed by atoms with E-state index in [2.05, 4.69) is 15.2 Å². The van der Waals surface area contributed by atoms with E-state index >= 15 is 0 Å². The molecule has 1 aromatic heterocycles. The fourth-order valence-corrected chi connectivity index (χ4v) is 4.76. The molecule has 2 atom stereocenters. The summed E-state index contributed by atoms with van der Waals surface area (Å²) < 4.78 is 5.34. The first-order valence-corrected chi connectivity index (χ1v) is 10.2. The summed E-state index contributed by atoms with van der Waals surface area (Å²) in [6.45, 7) is 3.47. The molecule has 1 N–H and O–H groups in total. The Balaban J connectivity index is 1.45. The molecule has 2 bridgehead atoms. The zero-order valence-electron chi connectivity index (χ0n) is 17.1. The van der Waals surface area contributed by atoms with Gasteiger partial charge in [-0.1, -0.05) is 6.07 Å². The van der Waals surface area contributed by atoms with E-state index in [1.165, 1.54) is 0 Å². The number of hydrogen-bond donors (Lipinski definition) is 1. The van der Waals surface area contributed by atoms with Crippen molar-refractivity contribution in [1.82, 2.24) is 10.3 Å². The molecular formula is C23H27N3O3. The van der Waals surface area contributed by atoms with Crippen molar-refractivity contribution in [3.05, 3.63) is 53.2 Å². The lowest BCUT2D eigenvalue weighted by molar-refractivity contribution is 0.0925. The molecule has 0 spiro atoms. The zero-order chi connectivity index (χ0) is 20.5. The maximum Gasteiger partial charge on any atom is 0.251 e. The maximum absolute atomic E-state index is 12.9. The summed E-state index contributed by atoms with van der Waals surface area (Å²) in [6.07, 6.45) is 5.68. The number of aromatic nitrogens is 1. The first kappa shape index (κ1) is 19.4. The minimum atomic E-state index is -0.0387. The molecule has 4 rings (SSSR count). The molecule has 3 heterocycles. The van der Waals surface area contributed by atoms with Gasteiger partial charge in [-0.05, 0) is 63.8 Å². The van der Waals surface area contributed by atoms with Gasteiger partial charge in [0.15, 0.2) is 5.78 Å². The standard InChI is InChI=1S/C23H27N3O3/c1-14-20(5-4-6-21(14)29-3)23(28)25-17-11-18-8-9-19(12-17)26(18)22-10-7-16(13-24-22)15(2)27/h4-7,10,13,17-19H,8-9,11-12H2,1-3H3,(H,25,28). The minimum absolute atomic E-state index is 0.0290. The number of anilines is 1. The second kappa shape index (κ2) is 7.85. The Morgan fingerprint density at radius 1 is 1.14 bits per heavy atom. The van der Waals surface area contributed by atoms with E-state index in [0.29, 0.717) is 23.2 Å². The van der Waals surface area contributed by atoms with Crippen molar-refractivity contribution < 1.29 is 14.3 Å². The van der Waals surface area contributed by atoms with Crippen LogP contribution in [-0.2, 0) is 0 Å². The van der Waals surface area contributed by atoms with Crippen LogP contribution in [-0.4, -0.2) is 41.9 Å². The quantitative estimate of drug-likeness (QED) is 0.787. The number of nitrogens with one attached hydrogen (secondary N) is 1. The van der Waals surface area contributed by atoms with Gasteiger partial charge in [0.2, 0.25) is 0 Å². The lowest BCUT2D eigenvalue weighted by atomic mass is 9.96. The van der Waals surface area contributed by atoms with E-state index in [0.717, 1.165) is 42.8 Å². The lowest BCUT2D eigenvalue weighted by Crippen LogP contribution is -2.50. The average molecular weight is 393 g/mol. The van der Waals surface area contributed by atoms with Crippen LogP contribution in [0.3, 0.4) is 0 Å². The number of rotatable bonds is 5. The molecule has 1 aromatic carbocycles. The number of ketones is 1. The zero-order valence-corrected chi connectivity index (χ0v) is 17.1. The van der Waals surface area contributed by atoms with Gasteiger partial charge in [0.1, 0.15) is 11.6 Å². The minimum Gasteiger partial charge on any atom is -0.496 e. The van der Waals surface area contributed by atoms with Crippen molar-refractivity contribution in [1.29, 1.82) is 0 Å². The molecule has 2 saturated heterocycles. The number of carbonyl (C=O) groups excluding carboxylic acids is 2. The third-order valence-electron chi connectivity index (χ3n) is 6.24. The number of carbonyl (C=O) groups is 2. The molecule has 6 heteroatoms. The Hall–Kier alpha value is -2.89. The highest BCUT2D eigenvalue weighted by Gasteiger charge is 2.41. The van der Waals surface area contributed by atoms with Crippen molar-refractivity contribution in [2.75, 3.05) is 12.0 Å². The number of hydrogen-bond acceptors (Lipinski definition) is 5. The smallest absolute Gasteiger partial charge is 0.251 e. The molecule has 6 nitrogen and oxygen atoms in total. The topological polar surface area (TPSA) is 71.5 Å². The van der Waals surface area contributed by atoms with Gasteiger partial charge in [0.25, 0.3) is 5.91 Å². The Bertz CT molecular complexity index is 911. The van der Waals surface area contributed by atoms with Gasteiger partial charge in [0, 0.05) is 41.0 Å². The number of fused-ring (bicyclic) bond motifs is 2. The van der Waals surface area contributed by atoms with Crippen molar-refractivity contribution in [3.8, 4) is 5.75 Å². The van der Waals surface area contributed by atoms with Crippen LogP contribution in [0.1, 0.15) is 58.9 Å². The molecule has 2 fully saturated rings. The Morgan fingerprint density at radius 2 is 1.86 bits per heavy atom. The number of benzene rings is 1. The second-order valence-corrected chi connectivity index (χ2v) is 8.03. The monoisotopic (exact) mass is 393 g/mol. The van der Waals surface area contributed by atoms with Crippen molar-refractivity contribution >= 4 is 17.5 Å². The van der Waals surface area contributed by atoms with Gasteiger partial charge in [-0.25, -0.2) is 4.98 Å². The molecule has 1 amide bonds. The number of piperidine rings is 1. The largest absolute Gasteiger partial charge is 0.496 e. The Morgan fingerprint density at radius 3 is 2.45 bits per heavy atom. The van der Waals surface area contributed by atoms with E-state index in [9.17, 15) is 9.59 Å². The normalized spacial score (nSPS) is 23.0. The predicted octanol–water partition coefficient (Wildman–Crippen LogP) is 3.53. The van der Waals surface area contributed by atoms with Gasteiger partial charge in [-0.15, -0.1) is 0 Å². The highest BCUT2D eigenvalue weighted by molar-refractivity contribution is 5.96. The predicted molar refractivity (Wildman–Crippen MR) is 112 cm³/mol. The van der Waals surface area contributed by atoms with Gasteiger partial charge in [0.05, 0.1) is 7.11 Å². The molecule has 2 aliphatic rings. The fraction of sp³-hybridized carbons (Fsp3) is 0.435. The Kier molecular flexibility index (Phi) is 5.26. The van der Waals surface area contributed by atoms with Crippen molar-refractivity contribution in [2.45, 2.75) is 57.7 Å². The molecular weight excluding hydrogens is 366 g/mol. The van der Waals surface area contributed by atoms with Crippen LogP contribution in [0, 0.1) is 6.92 Å². The molecule has 0 radical (unpaired) electrons. The van der Waals surface area contributed by atoms with Crippen LogP contribution >= 0.6 is 0 Å². The summed E-state index contributed by atoms with van der Waals surface area (Å²) in [6, 6.07) is 10.2. The molecule has 0 aliphatic carbocycles. The molecule has 2 aliphatic heterocycles. The lowest BCUT2D eigenvalue weighted by Gasteiger charge is -2.40. The number of ether oxygens (including phenoxy) is 1. The van der Waals surface area contributed by atoms with Crippen LogP contribution in [0.2, 0.25) is 0 Å². The van der Waals surface area contributed by atoms with Gasteiger partial charge in [-0.3, -0.25) is 9.59 Å². The van der Waals surface area contributed by atoms with E-state index in [1.54, 1.807) is 20.2 Å². The number of nitrogens with zero attached hydrogens (tertiary/aromatic N) is 2. The third kappa shape index (κ3) is 3.71. The number of methoxy groups -OCH3 is 1. The van der Waals surface area contributed by atoms with Crippen molar-refractivity contribution in [2.24, 2.45) is 0 Å². The molecule has 2 unspecified atom stereocenters. The SMILES string of the molecule is COc1cccc(C(=O)NC2CC3CCC(C2)N3c2ccc(C(C)=O)cn2)c1C. The van der Waals surface area contributed by atoms with Gasteiger partial charge in [-0.2, -0.15) is 0 Å². The van der Waals surface area contributed by atoms with E-state index in [-0.39, 0.29) is 17.7 Å². The van der Waals surface area contributed by atoms with Gasteiger partial charge >= 0.3 is 0 Å². The molecule has 29 heavy (non-hydrogen) atoms. The van der Waals surface area contributed by atoms with Crippen LogP contribution in [0.4, 0.5) is 5.82 Å². The maximum atomic E-state index is 12.9. The average Bonchev–Trinajstić information content (AvgIpc) is 2.98. The third-order valence-corrected chi connectivity index (χ3v) is 6.24. The first-order valence-electron chi connectivity index (χ1n) is 10.2. The van der Waals surface area contributed by atoms with E-state index in [4.69, 9.17) is 4.74 Å². The molecule has 0 saturated carbocycles. The number of pyridine rings is 1. The summed E-state index contributed by atoms with van der Waals surface area (Å²) in [7, 11) is 1.62. The van der Waals surface area contributed by atoms with Crippen molar-refractivity contribution in [3.63, 3.8) is 0 Å². The van der Waals surface area contributed by atoms with Crippen LogP contribution in [0.25, 0.3) is 0 Å². The first-order chi connectivity index (χ1) is 14.0. The van der Waals surface area contributed by atoms with Crippen LogP contribution < -0.4 is 15.0 Å². The summed E-state index contributed by atoms with van der Waals surface area (Å²) in [5.74, 6) is 1.65. The van der Waals surface area contributed by atoms with Gasteiger partial charge < -0.3 is 15.0 Å². The van der Waals surface area contributed by atoms with E-state index < -0.39 is 0 Å². The highest BCUT2D eigenvalue weighted by atomic mass is 16.5. The number of Topliss-reactive ketones (excluding diaryl/α,β-unsaturated/α-hetero) is 1. The number of amides is 1. The molecule has 152 valence electrons. The van der Waals surface area contributed by atoms with Crippen LogP contribution in [0.15, 0.2) is 36.5 Å². The summed E-state index contributed by atoms with van der Waals surface area (Å²) in [4.78, 5) is 31.3.